The number of anilines is 1. The second-order valence-electron chi connectivity index (χ2n) is 7.95. The molecule has 0 unspecified atom stereocenters. The third-order valence-electron chi connectivity index (χ3n) is 6.11. The van der Waals surface area contributed by atoms with Crippen LogP contribution in [-0.2, 0) is 4.74 Å². The monoisotopic (exact) mass is 398 g/mol. The zero-order valence-corrected chi connectivity index (χ0v) is 16.4. The van der Waals surface area contributed by atoms with Crippen molar-refractivity contribution in [2.75, 3.05) is 50.8 Å². The number of piperidine rings is 3. The SMILES string of the molecule is O=C(N[C@H]1CN2CCC1CC2)c1ccc(Oc2cc(N3CCOCC3)on2)cc1. The Hall–Kier alpha value is -2.58. The summed E-state index contributed by atoms with van der Waals surface area (Å²) in [7, 11) is 0. The summed E-state index contributed by atoms with van der Waals surface area (Å²) >= 11 is 0. The van der Waals surface area contributed by atoms with Crippen molar-refractivity contribution in [3.63, 3.8) is 0 Å². The molecule has 0 aliphatic carbocycles. The number of nitrogens with one attached hydrogen (secondary N) is 1. The van der Waals surface area contributed by atoms with E-state index in [1.165, 1.54) is 25.9 Å². The fourth-order valence-electron chi connectivity index (χ4n) is 4.41. The van der Waals surface area contributed by atoms with Crippen LogP contribution in [0.15, 0.2) is 34.9 Å². The predicted octanol–water partition coefficient (Wildman–Crippen LogP) is 2.13. The zero-order chi connectivity index (χ0) is 19.6. The summed E-state index contributed by atoms with van der Waals surface area (Å²) in [4.78, 5) is 17.1. The van der Waals surface area contributed by atoms with Gasteiger partial charge in [-0.2, -0.15) is 0 Å². The third-order valence-corrected chi connectivity index (χ3v) is 6.11. The maximum Gasteiger partial charge on any atom is 0.261 e. The van der Waals surface area contributed by atoms with Gasteiger partial charge >= 0.3 is 0 Å². The quantitative estimate of drug-likeness (QED) is 0.826. The molecule has 29 heavy (non-hydrogen) atoms. The van der Waals surface area contributed by atoms with E-state index >= 15 is 0 Å². The lowest BCUT2D eigenvalue weighted by Gasteiger charge is -2.44. The minimum Gasteiger partial charge on any atom is -0.436 e. The van der Waals surface area contributed by atoms with Gasteiger partial charge in [-0.1, -0.05) is 0 Å². The van der Waals surface area contributed by atoms with Crippen LogP contribution in [0, 0.1) is 5.92 Å². The van der Waals surface area contributed by atoms with Crippen molar-refractivity contribution < 1.29 is 18.8 Å². The third kappa shape index (κ3) is 4.09. The van der Waals surface area contributed by atoms with E-state index in [-0.39, 0.29) is 11.9 Å². The summed E-state index contributed by atoms with van der Waals surface area (Å²) in [5.74, 6) is 2.28. The van der Waals surface area contributed by atoms with Crippen molar-refractivity contribution in [2.24, 2.45) is 5.92 Å². The summed E-state index contributed by atoms with van der Waals surface area (Å²) in [6.45, 7) is 6.21. The smallest absolute Gasteiger partial charge is 0.261 e. The molecule has 4 aliphatic rings. The Bertz CT molecular complexity index is 839. The van der Waals surface area contributed by atoms with Crippen LogP contribution in [0.1, 0.15) is 23.2 Å². The number of hydrogen-bond acceptors (Lipinski definition) is 7. The second kappa shape index (κ2) is 8.04. The number of carbonyl (C=O) groups is 1. The standard InChI is InChI=1S/C21H26N4O4/c26-21(22-18-14-24-7-5-15(18)6-8-24)16-1-3-17(4-2-16)28-19-13-20(29-23-19)25-9-11-27-12-10-25/h1-4,13,15,18H,5-12,14H2,(H,22,26)/t18-/m0/s1. The number of hydrogen-bond donors (Lipinski definition) is 1. The van der Waals surface area contributed by atoms with Gasteiger partial charge in [0.2, 0.25) is 5.88 Å². The lowest BCUT2D eigenvalue weighted by Crippen LogP contribution is -2.57. The molecule has 0 radical (unpaired) electrons. The molecule has 154 valence electrons. The summed E-state index contributed by atoms with van der Waals surface area (Å²) < 4.78 is 16.5. The molecule has 2 bridgehead atoms. The Balaban J connectivity index is 1.18. The molecule has 4 fully saturated rings. The fourth-order valence-corrected chi connectivity index (χ4v) is 4.41. The highest BCUT2D eigenvalue weighted by Gasteiger charge is 2.34. The first kappa shape index (κ1) is 18.4. The van der Waals surface area contributed by atoms with Crippen LogP contribution in [0.5, 0.6) is 11.6 Å². The average Bonchev–Trinajstić information content (AvgIpc) is 3.24. The molecule has 1 aromatic heterocycles. The number of rotatable bonds is 5. The number of benzene rings is 1. The molecule has 1 N–H and O–H groups in total. The van der Waals surface area contributed by atoms with Crippen LogP contribution < -0.4 is 15.0 Å². The van der Waals surface area contributed by atoms with Crippen LogP contribution in [0.4, 0.5) is 5.88 Å². The number of fused-ring (bicyclic) bond motifs is 3. The molecule has 5 heterocycles. The van der Waals surface area contributed by atoms with Gasteiger partial charge in [0.15, 0.2) is 0 Å². The van der Waals surface area contributed by atoms with Crippen molar-refractivity contribution in [1.29, 1.82) is 0 Å². The molecule has 4 aliphatic heterocycles. The van der Waals surface area contributed by atoms with E-state index in [1.54, 1.807) is 30.3 Å². The molecule has 0 saturated carbocycles. The van der Waals surface area contributed by atoms with E-state index in [1.807, 2.05) is 0 Å². The molecular weight excluding hydrogens is 372 g/mol. The van der Waals surface area contributed by atoms with Crippen molar-refractivity contribution in [2.45, 2.75) is 18.9 Å². The van der Waals surface area contributed by atoms with Gasteiger partial charge in [-0.25, -0.2) is 0 Å². The fraction of sp³-hybridized carbons (Fsp3) is 0.524. The topological polar surface area (TPSA) is 80.1 Å². The Morgan fingerprint density at radius 1 is 1.10 bits per heavy atom. The maximum absolute atomic E-state index is 12.6. The molecule has 4 saturated heterocycles. The van der Waals surface area contributed by atoms with Crippen LogP contribution in [0.2, 0.25) is 0 Å². The summed E-state index contributed by atoms with van der Waals surface area (Å²) in [5, 5.41) is 7.19. The second-order valence-corrected chi connectivity index (χ2v) is 7.95. The first-order chi connectivity index (χ1) is 14.2. The highest BCUT2D eigenvalue weighted by Crippen LogP contribution is 2.28. The van der Waals surface area contributed by atoms with E-state index < -0.39 is 0 Å². The predicted molar refractivity (Wildman–Crippen MR) is 106 cm³/mol. The number of morpholine rings is 1. The van der Waals surface area contributed by atoms with Gasteiger partial charge in [0, 0.05) is 31.2 Å². The lowest BCUT2D eigenvalue weighted by molar-refractivity contribution is 0.0620. The van der Waals surface area contributed by atoms with Crippen molar-refractivity contribution in [3.05, 3.63) is 35.9 Å². The minimum absolute atomic E-state index is 0.0219. The summed E-state index contributed by atoms with van der Waals surface area (Å²) in [6, 6.07) is 9.18. The van der Waals surface area contributed by atoms with Crippen LogP contribution >= 0.6 is 0 Å². The molecule has 6 rings (SSSR count). The molecule has 8 nitrogen and oxygen atoms in total. The normalized spacial score (nSPS) is 26.3. The number of aromatic nitrogens is 1. The van der Waals surface area contributed by atoms with E-state index in [0.717, 1.165) is 19.6 Å². The van der Waals surface area contributed by atoms with Crippen molar-refractivity contribution in [3.8, 4) is 11.6 Å². The molecule has 1 atom stereocenters. The first-order valence-electron chi connectivity index (χ1n) is 10.4. The molecule has 1 amide bonds. The van der Waals surface area contributed by atoms with Gasteiger partial charge in [-0.05, 0) is 61.3 Å². The van der Waals surface area contributed by atoms with Gasteiger partial charge in [0.25, 0.3) is 11.8 Å². The van der Waals surface area contributed by atoms with Crippen LogP contribution in [0.3, 0.4) is 0 Å². The maximum atomic E-state index is 12.6. The molecular formula is C21H26N4O4. The lowest BCUT2D eigenvalue weighted by atomic mass is 9.84. The van der Waals surface area contributed by atoms with Gasteiger partial charge in [-0.15, -0.1) is 0 Å². The van der Waals surface area contributed by atoms with Gasteiger partial charge in [0.1, 0.15) is 5.75 Å². The number of carbonyl (C=O) groups excluding carboxylic acids is 1. The van der Waals surface area contributed by atoms with Gasteiger partial charge in [0.05, 0.1) is 19.3 Å². The van der Waals surface area contributed by atoms with Crippen molar-refractivity contribution >= 4 is 11.8 Å². The number of amides is 1. The first-order valence-corrected chi connectivity index (χ1v) is 10.4. The van der Waals surface area contributed by atoms with Crippen LogP contribution in [-0.4, -0.2) is 67.9 Å². The molecule has 1 aromatic carbocycles. The summed E-state index contributed by atoms with van der Waals surface area (Å²) in [5.41, 5.74) is 0.642. The van der Waals surface area contributed by atoms with Gasteiger partial charge < -0.3 is 29.1 Å². The zero-order valence-electron chi connectivity index (χ0n) is 16.4. The number of ether oxygens (including phenoxy) is 2. The highest BCUT2D eigenvalue weighted by molar-refractivity contribution is 5.94. The molecule has 2 aromatic rings. The van der Waals surface area contributed by atoms with E-state index in [0.29, 0.717) is 42.2 Å². The van der Waals surface area contributed by atoms with E-state index in [4.69, 9.17) is 14.0 Å². The Kier molecular flexibility index (Phi) is 5.12. The van der Waals surface area contributed by atoms with E-state index in [2.05, 4.69) is 20.3 Å². The van der Waals surface area contributed by atoms with E-state index in [9.17, 15) is 4.79 Å². The Labute approximate surface area is 169 Å². The average molecular weight is 398 g/mol. The Morgan fingerprint density at radius 2 is 1.86 bits per heavy atom. The summed E-state index contributed by atoms with van der Waals surface area (Å²) in [6.07, 6.45) is 2.36. The largest absolute Gasteiger partial charge is 0.436 e. The van der Waals surface area contributed by atoms with Gasteiger partial charge in [-0.3, -0.25) is 4.79 Å². The molecule has 8 heteroatoms. The minimum atomic E-state index is -0.0219. The van der Waals surface area contributed by atoms with Crippen LogP contribution in [0.25, 0.3) is 0 Å². The molecule has 0 spiro atoms. The Morgan fingerprint density at radius 3 is 2.55 bits per heavy atom. The number of nitrogens with zero attached hydrogens (tertiary/aromatic N) is 3. The highest BCUT2D eigenvalue weighted by atomic mass is 16.5. The van der Waals surface area contributed by atoms with Crippen molar-refractivity contribution in [1.82, 2.24) is 15.4 Å².